The van der Waals surface area contributed by atoms with Crippen molar-refractivity contribution < 1.29 is 4.79 Å². The number of carbonyl (C=O) groups excluding carboxylic acids is 1. The van der Waals surface area contributed by atoms with E-state index in [1.54, 1.807) is 6.07 Å². The maximum atomic E-state index is 12.2. The van der Waals surface area contributed by atoms with E-state index in [0.717, 1.165) is 16.5 Å². The van der Waals surface area contributed by atoms with Gasteiger partial charge in [0.1, 0.15) is 5.69 Å². The lowest BCUT2D eigenvalue weighted by Crippen LogP contribution is -2.24. The van der Waals surface area contributed by atoms with Gasteiger partial charge in [-0.1, -0.05) is 42.5 Å². The average Bonchev–Trinajstić information content (AvgIpc) is 2.53. The van der Waals surface area contributed by atoms with E-state index in [9.17, 15) is 4.79 Å². The predicted molar refractivity (Wildman–Crippen MR) is 83.8 cm³/mol. The number of carbonyl (C=O) groups is 1. The summed E-state index contributed by atoms with van der Waals surface area (Å²) in [5.74, 6) is -0.205. The summed E-state index contributed by atoms with van der Waals surface area (Å²) >= 11 is 0. The minimum Gasteiger partial charge on any atom is -0.398 e. The summed E-state index contributed by atoms with van der Waals surface area (Å²) in [5.41, 5.74) is 8.63. The van der Waals surface area contributed by atoms with Crippen LogP contribution in [0.15, 0.2) is 60.7 Å². The third kappa shape index (κ3) is 2.84. The van der Waals surface area contributed by atoms with Gasteiger partial charge >= 0.3 is 0 Å². The first-order chi connectivity index (χ1) is 10.2. The topological polar surface area (TPSA) is 68.0 Å². The molecule has 0 spiro atoms. The maximum absolute atomic E-state index is 12.2. The fourth-order valence-corrected chi connectivity index (χ4v) is 2.15. The van der Waals surface area contributed by atoms with E-state index in [1.165, 1.54) is 0 Å². The minimum absolute atomic E-state index is 0.205. The molecule has 4 heteroatoms. The molecular formula is C17H15N3O. The van der Waals surface area contributed by atoms with Crippen molar-refractivity contribution in [2.24, 2.45) is 0 Å². The number of rotatable bonds is 3. The van der Waals surface area contributed by atoms with E-state index >= 15 is 0 Å². The minimum atomic E-state index is -0.205. The molecule has 0 aliphatic carbocycles. The molecule has 0 fully saturated rings. The standard InChI is InChI=1S/C17H15N3O/c18-14-7-3-1-6-13(14)11-19-17(21)16-10-9-12-5-2-4-8-15(12)20-16/h1-10H,11,18H2,(H,19,21). The molecule has 4 nitrogen and oxygen atoms in total. The fourth-order valence-electron chi connectivity index (χ4n) is 2.15. The number of aromatic nitrogens is 1. The number of amides is 1. The average molecular weight is 277 g/mol. The number of hydrogen-bond acceptors (Lipinski definition) is 3. The van der Waals surface area contributed by atoms with E-state index in [1.807, 2.05) is 54.6 Å². The van der Waals surface area contributed by atoms with E-state index < -0.39 is 0 Å². The molecule has 21 heavy (non-hydrogen) atoms. The van der Waals surface area contributed by atoms with Gasteiger partial charge in [-0.05, 0) is 23.8 Å². The number of nitrogens with zero attached hydrogens (tertiary/aromatic N) is 1. The number of para-hydroxylation sites is 2. The second-order valence-corrected chi connectivity index (χ2v) is 4.77. The van der Waals surface area contributed by atoms with E-state index in [2.05, 4.69) is 10.3 Å². The smallest absolute Gasteiger partial charge is 0.270 e. The highest BCUT2D eigenvalue weighted by atomic mass is 16.1. The molecule has 3 N–H and O–H groups in total. The zero-order valence-electron chi connectivity index (χ0n) is 11.4. The van der Waals surface area contributed by atoms with Crippen LogP contribution in [-0.2, 0) is 6.54 Å². The van der Waals surface area contributed by atoms with E-state index in [4.69, 9.17) is 5.73 Å². The summed E-state index contributed by atoms with van der Waals surface area (Å²) in [4.78, 5) is 16.5. The van der Waals surface area contributed by atoms with Crippen LogP contribution in [0.4, 0.5) is 5.69 Å². The number of nitrogen functional groups attached to an aromatic ring is 1. The molecule has 1 amide bonds. The van der Waals surface area contributed by atoms with Crippen molar-refractivity contribution in [1.82, 2.24) is 10.3 Å². The Hall–Kier alpha value is -2.88. The van der Waals surface area contributed by atoms with Crippen LogP contribution in [0, 0.1) is 0 Å². The van der Waals surface area contributed by atoms with Crippen LogP contribution in [0.2, 0.25) is 0 Å². The Morgan fingerprint density at radius 2 is 1.76 bits per heavy atom. The van der Waals surface area contributed by atoms with Crippen LogP contribution in [0.25, 0.3) is 10.9 Å². The Balaban J connectivity index is 1.76. The number of hydrogen-bond donors (Lipinski definition) is 2. The molecule has 1 aromatic heterocycles. The van der Waals surface area contributed by atoms with Gasteiger partial charge in [-0.15, -0.1) is 0 Å². The molecule has 1 heterocycles. The number of pyridine rings is 1. The van der Waals surface area contributed by atoms with Gasteiger partial charge in [0.05, 0.1) is 5.52 Å². The number of fused-ring (bicyclic) bond motifs is 1. The van der Waals surface area contributed by atoms with Gasteiger partial charge in [-0.2, -0.15) is 0 Å². The Morgan fingerprint density at radius 1 is 1.00 bits per heavy atom. The summed E-state index contributed by atoms with van der Waals surface area (Å²) < 4.78 is 0. The van der Waals surface area contributed by atoms with Crippen molar-refractivity contribution in [2.45, 2.75) is 6.54 Å². The van der Waals surface area contributed by atoms with Gasteiger partial charge in [-0.3, -0.25) is 4.79 Å². The second kappa shape index (κ2) is 5.63. The quantitative estimate of drug-likeness (QED) is 0.723. The molecule has 2 aromatic carbocycles. The number of nitrogens with one attached hydrogen (secondary N) is 1. The van der Waals surface area contributed by atoms with Crippen molar-refractivity contribution in [3.8, 4) is 0 Å². The largest absolute Gasteiger partial charge is 0.398 e. The van der Waals surface area contributed by atoms with Gasteiger partial charge in [0, 0.05) is 17.6 Å². The summed E-state index contributed by atoms with van der Waals surface area (Å²) in [6.07, 6.45) is 0. The summed E-state index contributed by atoms with van der Waals surface area (Å²) in [7, 11) is 0. The number of nitrogens with two attached hydrogens (primary N) is 1. The molecule has 0 aliphatic heterocycles. The van der Waals surface area contributed by atoms with Crippen LogP contribution >= 0.6 is 0 Å². The van der Waals surface area contributed by atoms with Crippen LogP contribution in [0.3, 0.4) is 0 Å². The lowest BCUT2D eigenvalue weighted by molar-refractivity contribution is 0.0946. The zero-order valence-corrected chi connectivity index (χ0v) is 11.4. The highest BCUT2D eigenvalue weighted by Gasteiger charge is 2.08. The fraction of sp³-hybridized carbons (Fsp3) is 0.0588. The molecule has 3 aromatic rings. The molecule has 3 rings (SSSR count). The Bertz CT molecular complexity index is 799. The molecule has 0 bridgehead atoms. The van der Waals surface area contributed by atoms with Crippen molar-refractivity contribution in [3.05, 3.63) is 71.9 Å². The third-order valence-corrected chi connectivity index (χ3v) is 3.33. The Kier molecular flexibility index (Phi) is 3.51. The van der Waals surface area contributed by atoms with Crippen molar-refractivity contribution in [3.63, 3.8) is 0 Å². The van der Waals surface area contributed by atoms with Crippen LogP contribution in [0.5, 0.6) is 0 Å². The molecule has 0 atom stereocenters. The molecule has 0 saturated heterocycles. The first-order valence-electron chi connectivity index (χ1n) is 6.71. The lowest BCUT2D eigenvalue weighted by atomic mass is 10.1. The highest BCUT2D eigenvalue weighted by Crippen LogP contribution is 2.13. The van der Waals surface area contributed by atoms with Gasteiger partial charge in [0.15, 0.2) is 0 Å². The first kappa shape index (κ1) is 13.1. The zero-order chi connectivity index (χ0) is 14.7. The van der Waals surface area contributed by atoms with Gasteiger partial charge in [0.2, 0.25) is 0 Å². The summed E-state index contributed by atoms with van der Waals surface area (Å²) in [6.45, 7) is 0.389. The Morgan fingerprint density at radius 3 is 2.62 bits per heavy atom. The van der Waals surface area contributed by atoms with Crippen LogP contribution < -0.4 is 11.1 Å². The van der Waals surface area contributed by atoms with Crippen molar-refractivity contribution in [2.75, 3.05) is 5.73 Å². The van der Waals surface area contributed by atoms with E-state index in [-0.39, 0.29) is 5.91 Å². The highest BCUT2D eigenvalue weighted by molar-refractivity contribution is 5.94. The van der Waals surface area contributed by atoms with Gasteiger partial charge in [0.25, 0.3) is 5.91 Å². The number of anilines is 1. The van der Waals surface area contributed by atoms with Gasteiger partial charge in [-0.25, -0.2) is 4.98 Å². The second-order valence-electron chi connectivity index (χ2n) is 4.77. The van der Waals surface area contributed by atoms with Gasteiger partial charge < -0.3 is 11.1 Å². The molecule has 104 valence electrons. The normalized spacial score (nSPS) is 10.5. The van der Waals surface area contributed by atoms with Crippen molar-refractivity contribution >= 4 is 22.5 Å². The first-order valence-corrected chi connectivity index (χ1v) is 6.71. The Labute approximate surface area is 122 Å². The molecule has 0 saturated carbocycles. The summed E-state index contributed by atoms with van der Waals surface area (Å²) in [6, 6.07) is 18.8. The van der Waals surface area contributed by atoms with Crippen LogP contribution in [0.1, 0.15) is 16.1 Å². The molecule has 0 radical (unpaired) electrons. The van der Waals surface area contributed by atoms with Crippen LogP contribution in [-0.4, -0.2) is 10.9 Å². The summed E-state index contributed by atoms with van der Waals surface area (Å²) in [5, 5.41) is 3.85. The molecule has 0 unspecified atom stereocenters. The maximum Gasteiger partial charge on any atom is 0.270 e. The predicted octanol–water partition coefficient (Wildman–Crippen LogP) is 2.75. The number of benzene rings is 2. The SMILES string of the molecule is Nc1ccccc1CNC(=O)c1ccc2ccccc2n1. The van der Waals surface area contributed by atoms with Crippen molar-refractivity contribution in [1.29, 1.82) is 0 Å². The molecule has 0 aliphatic rings. The monoisotopic (exact) mass is 277 g/mol. The lowest BCUT2D eigenvalue weighted by Gasteiger charge is -2.07. The third-order valence-electron chi connectivity index (χ3n) is 3.33. The molecular weight excluding hydrogens is 262 g/mol. The van der Waals surface area contributed by atoms with E-state index in [0.29, 0.717) is 17.9 Å².